The molecule has 1 aromatic heterocycles. The number of hydrogen-bond donors (Lipinski definition) is 2. The van der Waals surface area contributed by atoms with Gasteiger partial charge in [0.15, 0.2) is 0 Å². The molecular weight excluding hydrogens is 176 g/mol. The van der Waals surface area contributed by atoms with Crippen molar-refractivity contribution in [3.8, 4) is 0 Å². The molecule has 2 rings (SSSR count). The highest BCUT2D eigenvalue weighted by Gasteiger charge is 2.34. The van der Waals surface area contributed by atoms with Crippen molar-refractivity contribution in [2.45, 2.75) is 25.8 Å². The smallest absolute Gasteiger partial charge is 0.117 e. The quantitative estimate of drug-likeness (QED) is 0.746. The Kier molecular flexibility index (Phi) is 2.89. The van der Waals surface area contributed by atoms with E-state index < -0.39 is 0 Å². The van der Waals surface area contributed by atoms with Crippen molar-refractivity contribution in [1.82, 2.24) is 5.32 Å². The second-order valence-electron chi connectivity index (χ2n) is 4.24. The second-order valence-corrected chi connectivity index (χ2v) is 4.24. The fourth-order valence-electron chi connectivity index (χ4n) is 1.99. The maximum atomic E-state index is 5.76. The van der Waals surface area contributed by atoms with Crippen LogP contribution in [0.4, 0.5) is 0 Å². The minimum Gasteiger partial charge on any atom is -0.468 e. The topological polar surface area (TPSA) is 51.2 Å². The van der Waals surface area contributed by atoms with E-state index in [9.17, 15) is 0 Å². The second kappa shape index (κ2) is 4.15. The van der Waals surface area contributed by atoms with Gasteiger partial charge in [-0.3, -0.25) is 0 Å². The van der Waals surface area contributed by atoms with Gasteiger partial charge in [-0.25, -0.2) is 0 Å². The summed E-state index contributed by atoms with van der Waals surface area (Å²) < 4.78 is 5.24. The zero-order valence-corrected chi connectivity index (χ0v) is 8.46. The number of rotatable bonds is 5. The highest BCUT2D eigenvalue weighted by molar-refractivity contribution is 4.98. The summed E-state index contributed by atoms with van der Waals surface area (Å²) in [6.07, 6.45) is 5.59. The van der Waals surface area contributed by atoms with Crippen LogP contribution < -0.4 is 11.1 Å². The molecule has 1 saturated carbocycles. The standard InChI is InChI=1S/C11H18N2O/c12-8-11(4-2-5-11)9-13-7-10-3-1-6-14-10/h1,3,6,13H,2,4-5,7-9,12H2. The number of hydrogen-bond acceptors (Lipinski definition) is 3. The third-order valence-electron chi connectivity index (χ3n) is 3.23. The zero-order chi connectivity index (χ0) is 9.86. The van der Waals surface area contributed by atoms with Crippen LogP contribution in [0.3, 0.4) is 0 Å². The lowest BCUT2D eigenvalue weighted by atomic mass is 9.69. The molecular formula is C11H18N2O. The van der Waals surface area contributed by atoms with Crippen LogP contribution in [0.2, 0.25) is 0 Å². The van der Waals surface area contributed by atoms with Gasteiger partial charge in [0.05, 0.1) is 12.8 Å². The van der Waals surface area contributed by atoms with Gasteiger partial charge < -0.3 is 15.5 Å². The van der Waals surface area contributed by atoms with Crippen LogP contribution in [0.25, 0.3) is 0 Å². The van der Waals surface area contributed by atoms with E-state index >= 15 is 0 Å². The number of furan rings is 1. The number of nitrogens with two attached hydrogens (primary N) is 1. The first kappa shape index (κ1) is 9.74. The van der Waals surface area contributed by atoms with Crippen molar-refractivity contribution in [2.24, 2.45) is 11.1 Å². The van der Waals surface area contributed by atoms with Crippen LogP contribution >= 0.6 is 0 Å². The maximum absolute atomic E-state index is 5.76. The summed E-state index contributed by atoms with van der Waals surface area (Å²) in [5, 5.41) is 3.41. The van der Waals surface area contributed by atoms with Crippen molar-refractivity contribution >= 4 is 0 Å². The molecule has 0 atom stereocenters. The zero-order valence-electron chi connectivity index (χ0n) is 8.46. The Hall–Kier alpha value is -0.800. The molecule has 0 spiro atoms. The van der Waals surface area contributed by atoms with E-state index in [0.717, 1.165) is 25.4 Å². The monoisotopic (exact) mass is 194 g/mol. The van der Waals surface area contributed by atoms with Crippen molar-refractivity contribution in [1.29, 1.82) is 0 Å². The first-order valence-corrected chi connectivity index (χ1v) is 5.28. The van der Waals surface area contributed by atoms with Crippen LogP contribution in [0.5, 0.6) is 0 Å². The summed E-state index contributed by atoms with van der Waals surface area (Å²) in [5.74, 6) is 0.997. The Morgan fingerprint density at radius 2 is 2.36 bits per heavy atom. The third kappa shape index (κ3) is 1.99. The summed E-state index contributed by atoms with van der Waals surface area (Å²) in [5.41, 5.74) is 6.15. The molecule has 1 aromatic rings. The normalized spacial score (nSPS) is 19.2. The van der Waals surface area contributed by atoms with E-state index in [1.165, 1.54) is 19.3 Å². The van der Waals surface area contributed by atoms with Crippen LogP contribution in [-0.2, 0) is 6.54 Å². The van der Waals surface area contributed by atoms with Gasteiger partial charge in [0, 0.05) is 6.54 Å². The van der Waals surface area contributed by atoms with E-state index in [4.69, 9.17) is 10.2 Å². The van der Waals surface area contributed by atoms with Crippen LogP contribution in [-0.4, -0.2) is 13.1 Å². The third-order valence-corrected chi connectivity index (χ3v) is 3.23. The molecule has 0 saturated heterocycles. The lowest BCUT2D eigenvalue weighted by Gasteiger charge is -2.41. The summed E-state index contributed by atoms with van der Waals surface area (Å²) >= 11 is 0. The van der Waals surface area contributed by atoms with Crippen molar-refractivity contribution in [3.63, 3.8) is 0 Å². The van der Waals surface area contributed by atoms with Gasteiger partial charge in [-0.1, -0.05) is 6.42 Å². The molecule has 0 aromatic carbocycles. The molecule has 78 valence electrons. The van der Waals surface area contributed by atoms with E-state index in [2.05, 4.69) is 5.32 Å². The lowest BCUT2D eigenvalue weighted by molar-refractivity contribution is 0.139. The molecule has 0 bridgehead atoms. The molecule has 1 aliphatic carbocycles. The maximum Gasteiger partial charge on any atom is 0.117 e. The van der Waals surface area contributed by atoms with Gasteiger partial charge in [-0.15, -0.1) is 0 Å². The Morgan fingerprint density at radius 3 is 2.86 bits per heavy atom. The fraction of sp³-hybridized carbons (Fsp3) is 0.636. The largest absolute Gasteiger partial charge is 0.468 e. The molecule has 0 aliphatic heterocycles. The highest BCUT2D eigenvalue weighted by atomic mass is 16.3. The summed E-state index contributed by atoms with van der Waals surface area (Å²) in [7, 11) is 0. The Balaban J connectivity index is 1.72. The molecule has 0 radical (unpaired) electrons. The van der Waals surface area contributed by atoms with E-state index in [1.807, 2.05) is 12.1 Å². The molecule has 14 heavy (non-hydrogen) atoms. The van der Waals surface area contributed by atoms with Gasteiger partial charge in [-0.2, -0.15) is 0 Å². The first-order valence-electron chi connectivity index (χ1n) is 5.28. The number of nitrogens with one attached hydrogen (secondary N) is 1. The Morgan fingerprint density at radius 1 is 1.50 bits per heavy atom. The minimum absolute atomic E-state index is 0.382. The summed E-state index contributed by atoms with van der Waals surface area (Å²) in [6.45, 7) is 2.64. The minimum atomic E-state index is 0.382. The molecule has 0 amide bonds. The molecule has 1 fully saturated rings. The van der Waals surface area contributed by atoms with Crippen LogP contribution in [0, 0.1) is 5.41 Å². The van der Waals surface area contributed by atoms with Gasteiger partial charge in [0.25, 0.3) is 0 Å². The van der Waals surface area contributed by atoms with E-state index in [-0.39, 0.29) is 0 Å². The Labute approximate surface area is 84.7 Å². The average molecular weight is 194 g/mol. The van der Waals surface area contributed by atoms with E-state index in [1.54, 1.807) is 6.26 Å². The summed E-state index contributed by atoms with van der Waals surface area (Å²) in [4.78, 5) is 0. The van der Waals surface area contributed by atoms with Crippen molar-refractivity contribution < 1.29 is 4.42 Å². The molecule has 3 heteroatoms. The molecule has 3 N–H and O–H groups in total. The SMILES string of the molecule is NCC1(CNCc2ccco2)CCC1. The fourth-order valence-corrected chi connectivity index (χ4v) is 1.99. The lowest BCUT2D eigenvalue weighted by Crippen LogP contribution is -2.45. The first-order chi connectivity index (χ1) is 6.85. The summed E-state index contributed by atoms with van der Waals surface area (Å²) in [6, 6.07) is 3.90. The van der Waals surface area contributed by atoms with E-state index in [0.29, 0.717) is 5.41 Å². The molecule has 3 nitrogen and oxygen atoms in total. The Bertz CT molecular complexity index is 259. The van der Waals surface area contributed by atoms with Crippen LogP contribution in [0.1, 0.15) is 25.0 Å². The molecule has 1 heterocycles. The van der Waals surface area contributed by atoms with Crippen molar-refractivity contribution in [2.75, 3.05) is 13.1 Å². The van der Waals surface area contributed by atoms with Crippen LogP contribution in [0.15, 0.2) is 22.8 Å². The molecule has 0 unspecified atom stereocenters. The van der Waals surface area contributed by atoms with Gasteiger partial charge in [0.2, 0.25) is 0 Å². The predicted octanol–water partition coefficient (Wildman–Crippen LogP) is 1.50. The molecule has 1 aliphatic rings. The predicted molar refractivity (Wildman–Crippen MR) is 55.8 cm³/mol. The highest BCUT2D eigenvalue weighted by Crippen LogP contribution is 2.39. The van der Waals surface area contributed by atoms with Gasteiger partial charge in [-0.05, 0) is 36.9 Å². The van der Waals surface area contributed by atoms with Gasteiger partial charge >= 0.3 is 0 Å². The average Bonchev–Trinajstić information content (AvgIpc) is 2.62. The van der Waals surface area contributed by atoms with Crippen molar-refractivity contribution in [3.05, 3.63) is 24.2 Å². The van der Waals surface area contributed by atoms with Gasteiger partial charge in [0.1, 0.15) is 5.76 Å².